The van der Waals surface area contributed by atoms with Gasteiger partial charge in [0.15, 0.2) is 0 Å². The van der Waals surface area contributed by atoms with Gasteiger partial charge < -0.3 is 0 Å². The van der Waals surface area contributed by atoms with Crippen LogP contribution in [-0.4, -0.2) is 0 Å². The van der Waals surface area contributed by atoms with Gasteiger partial charge in [-0.05, 0) is 23.7 Å². The molecule has 72 valence electrons. The minimum atomic E-state index is 0.345. The van der Waals surface area contributed by atoms with Crippen LogP contribution in [0.25, 0.3) is 0 Å². The lowest BCUT2D eigenvalue weighted by molar-refractivity contribution is 0.380. The summed E-state index contributed by atoms with van der Waals surface area (Å²) in [5.74, 6) is 0. The van der Waals surface area contributed by atoms with Crippen molar-refractivity contribution in [3.05, 3.63) is 12.2 Å². The molecule has 0 aromatic carbocycles. The molecular weight excluding hydrogens is 144 g/mol. The standard InChI is InChI=1S/C12H24/c1-11(2,3)9-7-8-10-12(4,5)6/h7,9H,8,10H2,1-6H3/b9-7+. The van der Waals surface area contributed by atoms with Gasteiger partial charge in [-0.25, -0.2) is 0 Å². The molecule has 0 aromatic rings. The first-order chi connectivity index (χ1) is 5.21. The van der Waals surface area contributed by atoms with Crippen LogP contribution >= 0.6 is 0 Å². The first-order valence-electron chi connectivity index (χ1n) is 4.88. The summed E-state index contributed by atoms with van der Waals surface area (Å²) in [6.45, 7) is 13.6. The molecule has 0 saturated carbocycles. The van der Waals surface area contributed by atoms with Crippen LogP contribution in [0.5, 0.6) is 0 Å². The molecule has 0 aliphatic heterocycles. The van der Waals surface area contributed by atoms with E-state index in [-0.39, 0.29) is 0 Å². The summed E-state index contributed by atoms with van der Waals surface area (Å²) in [5, 5.41) is 0. The maximum Gasteiger partial charge on any atom is -0.0203 e. The summed E-state index contributed by atoms with van der Waals surface area (Å²) in [6, 6.07) is 0. The van der Waals surface area contributed by atoms with E-state index in [4.69, 9.17) is 0 Å². The van der Waals surface area contributed by atoms with Gasteiger partial charge in [-0.15, -0.1) is 0 Å². The van der Waals surface area contributed by atoms with Crippen molar-refractivity contribution in [3.63, 3.8) is 0 Å². The van der Waals surface area contributed by atoms with Crippen molar-refractivity contribution >= 4 is 0 Å². The summed E-state index contributed by atoms with van der Waals surface area (Å²) < 4.78 is 0. The van der Waals surface area contributed by atoms with Crippen LogP contribution in [0.2, 0.25) is 0 Å². The lowest BCUT2D eigenvalue weighted by Gasteiger charge is -2.17. The number of rotatable bonds is 2. The van der Waals surface area contributed by atoms with Crippen LogP contribution in [-0.2, 0) is 0 Å². The SMILES string of the molecule is CC(C)(C)/C=C/CCC(C)(C)C. The average Bonchev–Trinajstić information content (AvgIpc) is 1.76. The van der Waals surface area contributed by atoms with Gasteiger partial charge in [0, 0.05) is 0 Å². The van der Waals surface area contributed by atoms with E-state index >= 15 is 0 Å². The highest BCUT2D eigenvalue weighted by Crippen LogP contribution is 2.22. The Balaban J connectivity index is 3.64. The van der Waals surface area contributed by atoms with Gasteiger partial charge in [-0.1, -0.05) is 53.7 Å². The predicted octanol–water partition coefficient (Wildman–Crippen LogP) is 4.42. The maximum absolute atomic E-state index is 2.31. The first kappa shape index (κ1) is 11.7. The fourth-order valence-electron chi connectivity index (χ4n) is 0.953. The molecule has 0 heterocycles. The lowest BCUT2D eigenvalue weighted by atomic mass is 9.89. The summed E-state index contributed by atoms with van der Waals surface area (Å²) in [6.07, 6.45) is 7.10. The van der Waals surface area contributed by atoms with Gasteiger partial charge in [0.25, 0.3) is 0 Å². The quantitative estimate of drug-likeness (QED) is 0.536. The van der Waals surface area contributed by atoms with Crippen LogP contribution in [0, 0.1) is 10.8 Å². The van der Waals surface area contributed by atoms with Crippen molar-refractivity contribution in [3.8, 4) is 0 Å². The minimum Gasteiger partial charge on any atom is -0.0880 e. The van der Waals surface area contributed by atoms with Gasteiger partial charge in [0.2, 0.25) is 0 Å². The molecule has 0 unspecified atom stereocenters. The number of hydrogen-bond acceptors (Lipinski definition) is 0. The molecule has 0 aromatic heterocycles. The molecule has 0 aliphatic rings. The van der Waals surface area contributed by atoms with Crippen LogP contribution in [0.15, 0.2) is 12.2 Å². The van der Waals surface area contributed by atoms with E-state index in [1.54, 1.807) is 0 Å². The molecule has 0 rings (SSSR count). The molecule has 12 heavy (non-hydrogen) atoms. The van der Waals surface area contributed by atoms with Gasteiger partial charge >= 0.3 is 0 Å². The third kappa shape index (κ3) is 9.74. The Morgan fingerprint density at radius 3 is 1.75 bits per heavy atom. The molecule has 0 N–H and O–H groups in total. The van der Waals surface area contributed by atoms with Gasteiger partial charge in [0.05, 0.1) is 0 Å². The Kier molecular flexibility index (Phi) is 4.02. The largest absolute Gasteiger partial charge is 0.0880 e. The highest BCUT2D eigenvalue weighted by atomic mass is 14.1. The number of hydrogen-bond donors (Lipinski definition) is 0. The third-order valence-electron chi connectivity index (χ3n) is 1.68. The molecule has 0 saturated heterocycles. The van der Waals surface area contributed by atoms with E-state index in [1.807, 2.05) is 0 Å². The molecule has 0 amide bonds. The predicted molar refractivity (Wildman–Crippen MR) is 57.3 cm³/mol. The normalized spacial score (nSPS) is 14.2. The van der Waals surface area contributed by atoms with Crippen LogP contribution in [0.1, 0.15) is 54.4 Å². The Hall–Kier alpha value is -0.260. The van der Waals surface area contributed by atoms with Crippen LogP contribution in [0.4, 0.5) is 0 Å². The van der Waals surface area contributed by atoms with Gasteiger partial charge in [0.1, 0.15) is 0 Å². The second-order valence-corrected chi connectivity index (χ2v) is 5.87. The van der Waals surface area contributed by atoms with Crippen LogP contribution in [0.3, 0.4) is 0 Å². The van der Waals surface area contributed by atoms with Gasteiger partial charge in [-0.3, -0.25) is 0 Å². The zero-order valence-corrected chi connectivity index (χ0v) is 9.57. The second-order valence-electron chi connectivity index (χ2n) is 5.87. The fourth-order valence-corrected chi connectivity index (χ4v) is 0.953. The highest BCUT2D eigenvalue weighted by Gasteiger charge is 2.08. The Bertz CT molecular complexity index is 138. The molecule has 0 fully saturated rings. The van der Waals surface area contributed by atoms with Crippen molar-refractivity contribution < 1.29 is 0 Å². The van der Waals surface area contributed by atoms with Crippen molar-refractivity contribution in [2.45, 2.75) is 54.4 Å². The van der Waals surface area contributed by atoms with E-state index in [0.717, 1.165) is 0 Å². The number of allylic oxidation sites excluding steroid dienone is 2. The Labute approximate surface area is 78.1 Å². The summed E-state index contributed by atoms with van der Waals surface area (Å²) in [7, 11) is 0. The second kappa shape index (κ2) is 4.11. The molecule has 0 bridgehead atoms. The molecule has 0 heteroatoms. The molecule has 0 nitrogen and oxygen atoms in total. The van der Waals surface area contributed by atoms with E-state index in [9.17, 15) is 0 Å². The Morgan fingerprint density at radius 2 is 1.42 bits per heavy atom. The molecule has 0 radical (unpaired) electrons. The fraction of sp³-hybridized carbons (Fsp3) is 0.833. The maximum atomic E-state index is 2.31. The summed E-state index contributed by atoms with van der Waals surface area (Å²) in [5.41, 5.74) is 0.820. The molecule has 0 aliphatic carbocycles. The minimum absolute atomic E-state index is 0.345. The lowest BCUT2D eigenvalue weighted by Crippen LogP contribution is -2.04. The van der Waals surface area contributed by atoms with E-state index in [1.165, 1.54) is 12.8 Å². The van der Waals surface area contributed by atoms with E-state index in [2.05, 4.69) is 53.7 Å². The summed E-state index contributed by atoms with van der Waals surface area (Å²) in [4.78, 5) is 0. The van der Waals surface area contributed by atoms with Crippen molar-refractivity contribution in [2.24, 2.45) is 10.8 Å². The van der Waals surface area contributed by atoms with Crippen molar-refractivity contribution in [1.29, 1.82) is 0 Å². The monoisotopic (exact) mass is 168 g/mol. The zero-order valence-electron chi connectivity index (χ0n) is 9.57. The third-order valence-corrected chi connectivity index (χ3v) is 1.68. The molecular formula is C12H24. The summed E-state index contributed by atoms with van der Waals surface area (Å²) >= 11 is 0. The smallest absolute Gasteiger partial charge is 0.0203 e. The molecule has 0 spiro atoms. The van der Waals surface area contributed by atoms with E-state index < -0.39 is 0 Å². The average molecular weight is 168 g/mol. The highest BCUT2D eigenvalue weighted by molar-refractivity contribution is 4.92. The van der Waals surface area contributed by atoms with Crippen molar-refractivity contribution in [1.82, 2.24) is 0 Å². The van der Waals surface area contributed by atoms with Crippen molar-refractivity contribution in [2.75, 3.05) is 0 Å². The first-order valence-corrected chi connectivity index (χ1v) is 4.88. The topological polar surface area (TPSA) is 0 Å². The Morgan fingerprint density at radius 1 is 0.917 bits per heavy atom. The van der Waals surface area contributed by atoms with E-state index in [0.29, 0.717) is 10.8 Å². The van der Waals surface area contributed by atoms with Gasteiger partial charge in [-0.2, -0.15) is 0 Å². The molecule has 0 atom stereocenters. The zero-order chi connectivity index (χ0) is 9.83. The van der Waals surface area contributed by atoms with Crippen LogP contribution < -0.4 is 0 Å².